The third-order valence-corrected chi connectivity index (χ3v) is 4.18. The SMILES string of the molecule is Cc1ccc(CC(=O)Nc2c3c(nn2C)CCC3)c(C)c1. The lowest BCUT2D eigenvalue weighted by atomic mass is 10.0. The highest BCUT2D eigenvalue weighted by molar-refractivity contribution is 5.92. The fraction of sp³-hybridized carbons (Fsp3) is 0.412. The predicted octanol–water partition coefficient (Wildman–Crippen LogP) is 2.71. The highest BCUT2D eigenvalue weighted by Crippen LogP contribution is 2.28. The minimum atomic E-state index is 0.0275. The molecule has 0 saturated heterocycles. The molecule has 4 heteroatoms. The minimum absolute atomic E-state index is 0.0275. The van der Waals surface area contributed by atoms with E-state index < -0.39 is 0 Å². The summed E-state index contributed by atoms with van der Waals surface area (Å²) in [5, 5.41) is 7.52. The Kier molecular flexibility index (Phi) is 3.53. The first-order valence-corrected chi connectivity index (χ1v) is 7.45. The Labute approximate surface area is 125 Å². The van der Waals surface area contributed by atoms with E-state index in [1.807, 2.05) is 13.1 Å². The van der Waals surface area contributed by atoms with E-state index in [4.69, 9.17) is 0 Å². The standard InChI is InChI=1S/C17H21N3O/c1-11-7-8-13(12(2)9-11)10-16(21)18-17-14-5-4-6-15(14)19-20(17)3/h7-9H,4-6,10H2,1-3H3,(H,18,21). The van der Waals surface area contributed by atoms with Crippen molar-refractivity contribution in [3.63, 3.8) is 0 Å². The summed E-state index contributed by atoms with van der Waals surface area (Å²) in [6.07, 6.45) is 3.59. The van der Waals surface area contributed by atoms with Gasteiger partial charge in [0.15, 0.2) is 0 Å². The van der Waals surface area contributed by atoms with Crippen LogP contribution in [0.15, 0.2) is 18.2 Å². The molecule has 0 unspecified atom stereocenters. The lowest BCUT2D eigenvalue weighted by Crippen LogP contribution is -2.18. The number of benzene rings is 1. The number of aromatic nitrogens is 2. The number of aryl methyl sites for hydroxylation is 4. The van der Waals surface area contributed by atoms with E-state index in [0.29, 0.717) is 6.42 Å². The van der Waals surface area contributed by atoms with Crippen LogP contribution in [0.1, 0.15) is 34.4 Å². The van der Waals surface area contributed by atoms with Crippen molar-refractivity contribution in [1.82, 2.24) is 9.78 Å². The van der Waals surface area contributed by atoms with Gasteiger partial charge in [0.2, 0.25) is 5.91 Å². The summed E-state index contributed by atoms with van der Waals surface area (Å²) >= 11 is 0. The van der Waals surface area contributed by atoms with Gasteiger partial charge in [-0.05, 0) is 44.2 Å². The molecule has 0 fully saturated rings. The molecule has 3 rings (SSSR count). The van der Waals surface area contributed by atoms with Crippen LogP contribution in [0.25, 0.3) is 0 Å². The largest absolute Gasteiger partial charge is 0.310 e. The number of nitrogens with zero attached hydrogens (tertiary/aromatic N) is 2. The van der Waals surface area contributed by atoms with Crippen molar-refractivity contribution >= 4 is 11.7 Å². The minimum Gasteiger partial charge on any atom is -0.310 e. The number of fused-ring (bicyclic) bond motifs is 1. The van der Waals surface area contributed by atoms with Gasteiger partial charge in [-0.15, -0.1) is 0 Å². The number of anilines is 1. The van der Waals surface area contributed by atoms with Crippen LogP contribution >= 0.6 is 0 Å². The molecule has 1 aliphatic carbocycles. The molecule has 1 aromatic heterocycles. The van der Waals surface area contributed by atoms with Gasteiger partial charge in [-0.1, -0.05) is 23.8 Å². The van der Waals surface area contributed by atoms with E-state index in [0.717, 1.165) is 36.3 Å². The van der Waals surface area contributed by atoms with E-state index in [1.54, 1.807) is 4.68 Å². The lowest BCUT2D eigenvalue weighted by Gasteiger charge is -2.09. The Morgan fingerprint density at radius 1 is 1.33 bits per heavy atom. The van der Waals surface area contributed by atoms with E-state index >= 15 is 0 Å². The van der Waals surface area contributed by atoms with Crippen LogP contribution in [-0.4, -0.2) is 15.7 Å². The molecule has 0 saturated carbocycles. The summed E-state index contributed by atoms with van der Waals surface area (Å²) in [7, 11) is 1.89. The zero-order valence-corrected chi connectivity index (χ0v) is 12.9. The van der Waals surface area contributed by atoms with Crippen molar-refractivity contribution in [1.29, 1.82) is 0 Å². The quantitative estimate of drug-likeness (QED) is 0.941. The highest BCUT2D eigenvalue weighted by Gasteiger charge is 2.22. The Balaban J connectivity index is 1.75. The van der Waals surface area contributed by atoms with Gasteiger partial charge < -0.3 is 5.32 Å². The second-order valence-corrected chi connectivity index (χ2v) is 5.91. The van der Waals surface area contributed by atoms with Gasteiger partial charge in [-0.25, -0.2) is 0 Å². The van der Waals surface area contributed by atoms with Gasteiger partial charge >= 0.3 is 0 Å². The fourth-order valence-corrected chi connectivity index (χ4v) is 3.07. The van der Waals surface area contributed by atoms with Crippen molar-refractivity contribution in [2.24, 2.45) is 7.05 Å². The number of hydrogen-bond donors (Lipinski definition) is 1. The number of carbonyl (C=O) groups excluding carboxylic acids is 1. The molecule has 0 aliphatic heterocycles. The van der Waals surface area contributed by atoms with Crippen LogP contribution in [0.3, 0.4) is 0 Å². The Morgan fingerprint density at radius 3 is 2.90 bits per heavy atom. The van der Waals surface area contributed by atoms with Gasteiger partial charge in [0.1, 0.15) is 5.82 Å². The van der Waals surface area contributed by atoms with Crippen LogP contribution in [0.5, 0.6) is 0 Å². The molecule has 0 bridgehead atoms. The molecular weight excluding hydrogens is 262 g/mol. The topological polar surface area (TPSA) is 46.9 Å². The molecule has 1 heterocycles. The second-order valence-electron chi connectivity index (χ2n) is 5.91. The van der Waals surface area contributed by atoms with Crippen molar-refractivity contribution < 1.29 is 4.79 Å². The van der Waals surface area contributed by atoms with Crippen molar-refractivity contribution in [2.75, 3.05) is 5.32 Å². The molecule has 1 aliphatic rings. The molecule has 1 aromatic carbocycles. The summed E-state index contributed by atoms with van der Waals surface area (Å²) in [5.41, 5.74) is 5.82. The van der Waals surface area contributed by atoms with Crippen molar-refractivity contribution in [3.8, 4) is 0 Å². The van der Waals surface area contributed by atoms with Crippen LogP contribution in [0.4, 0.5) is 5.82 Å². The maximum absolute atomic E-state index is 12.3. The average Bonchev–Trinajstić information content (AvgIpc) is 2.96. The predicted molar refractivity (Wildman–Crippen MR) is 83.5 cm³/mol. The maximum atomic E-state index is 12.3. The number of hydrogen-bond acceptors (Lipinski definition) is 2. The zero-order valence-electron chi connectivity index (χ0n) is 12.9. The first-order chi connectivity index (χ1) is 10.0. The molecule has 1 amide bonds. The molecule has 2 aromatic rings. The number of rotatable bonds is 3. The fourth-order valence-electron chi connectivity index (χ4n) is 3.07. The van der Waals surface area contributed by atoms with Crippen LogP contribution in [0, 0.1) is 13.8 Å². The van der Waals surface area contributed by atoms with Gasteiger partial charge in [0.25, 0.3) is 0 Å². The first-order valence-electron chi connectivity index (χ1n) is 7.45. The van der Waals surface area contributed by atoms with Gasteiger partial charge in [0, 0.05) is 12.6 Å². The number of amides is 1. The van der Waals surface area contributed by atoms with E-state index in [9.17, 15) is 4.79 Å². The Morgan fingerprint density at radius 2 is 2.14 bits per heavy atom. The molecule has 1 N–H and O–H groups in total. The van der Waals surface area contributed by atoms with Gasteiger partial charge in [0.05, 0.1) is 12.1 Å². The molecule has 0 radical (unpaired) electrons. The Hall–Kier alpha value is -2.10. The van der Waals surface area contributed by atoms with E-state index in [-0.39, 0.29) is 5.91 Å². The summed E-state index contributed by atoms with van der Waals surface area (Å²) in [6, 6.07) is 6.21. The van der Waals surface area contributed by atoms with Crippen molar-refractivity contribution in [2.45, 2.75) is 39.5 Å². The van der Waals surface area contributed by atoms with Crippen LogP contribution < -0.4 is 5.32 Å². The normalized spacial score (nSPS) is 13.3. The molecule has 21 heavy (non-hydrogen) atoms. The molecular formula is C17H21N3O. The smallest absolute Gasteiger partial charge is 0.229 e. The summed E-state index contributed by atoms with van der Waals surface area (Å²) < 4.78 is 1.80. The van der Waals surface area contributed by atoms with Crippen LogP contribution in [0.2, 0.25) is 0 Å². The van der Waals surface area contributed by atoms with Gasteiger partial charge in [-0.3, -0.25) is 9.48 Å². The molecule has 0 spiro atoms. The molecule has 0 atom stereocenters. The summed E-state index contributed by atoms with van der Waals surface area (Å²) in [6.45, 7) is 4.12. The Bertz CT molecular complexity index is 700. The van der Waals surface area contributed by atoms with Crippen molar-refractivity contribution in [3.05, 3.63) is 46.1 Å². The summed E-state index contributed by atoms with van der Waals surface area (Å²) in [4.78, 5) is 12.3. The third kappa shape index (κ3) is 2.71. The highest BCUT2D eigenvalue weighted by atomic mass is 16.1. The second kappa shape index (κ2) is 5.35. The monoisotopic (exact) mass is 283 g/mol. The number of carbonyl (C=O) groups is 1. The summed E-state index contributed by atoms with van der Waals surface area (Å²) in [5.74, 6) is 0.900. The van der Waals surface area contributed by atoms with E-state index in [2.05, 4.69) is 36.4 Å². The van der Waals surface area contributed by atoms with Gasteiger partial charge in [-0.2, -0.15) is 5.10 Å². The zero-order chi connectivity index (χ0) is 15.0. The molecule has 4 nitrogen and oxygen atoms in total. The number of nitrogens with one attached hydrogen (secondary N) is 1. The van der Waals surface area contributed by atoms with Crippen LogP contribution in [-0.2, 0) is 31.1 Å². The average molecular weight is 283 g/mol. The lowest BCUT2D eigenvalue weighted by molar-refractivity contribution is -0.115. The first kappa shape index (κ1) is 13.9. The van der Waals surface area contributed by atoms with E-state index in [1.165, 1.54) is 16.7 Å². The third-order valence-electron chi connectivity index (χ3n) is 4.18. The molecule has 110 valence electrons. The maximum Gasteiger partial charge on any atom is 0.229 e.